The summed E-state index contributed by atoms with van der Waals surface area (Å²) in [6.45, 7) is 8.98. The van der Waals surface area contributed by atoms with E-state index >= 15 is 0 Å². The molecule has 0 saturated carbocycles. The molecule has 0 spiro atoms. The Balaban J connectivity index is 2.71. The van der Waals surface area contributed by atoms with E-state index < -0.39 is 0 Å². The maximum absolute atomic E-state index is 12.1. The minimum absolute atomic E-state index is 0.0330. The van der Waals surface area contributed by atoms with Crippen molar-refractivity contribution in [2.24, 2.45) is 17.4 Å². The molecule has 0 unspecified atom stereocenters. The summed E-state index contributed by atoms with van der Waals surface area (Å²) in [5, 5.41) is 3.03. The average Bonchev–Trinajstić information content (AvgIpc) is 2.63. The summed E-state index contributed by atoms with van der Waals surface area (Å²) in [7, 11) is 0. The molecule has 0 fully saturated rings. The van der Waals surface area contributed by atoms with Crippen LogP contribution in [0.5, 0.6) is 0 Å². The number of amides is 1. The van der Waals surface area contributed by atoms with Gasteiger partial charge in [-0.1, -0.05) is 45.0 Å². The zero-order valence-corrected chi connectivity index (χ0v) is 16.2. The fourth-order valence-electron chi connectivity index (χ4n) is 3.08. The highest BCUT2D eigenvalue weighted by atomic mass is 16.1. The number of pyridine rings is 1. The number of rotatable bonds is 7. The summed E-state index contributed by atoms with van der Waals surface area (Å²) in [5.74, 6) is 0.435. The summed E-state index contributed by atoms with van der Waals surface area (Å²) in [6, 6.07) is 8.10. The Bertz CT molecular complexity index is 767. The van der Waals surface area contributed by atoms with Crippen LogP contribution in [0.1, 0.15) is 49.7 Å². The molecule has 0 atom stereocenters. The van der Waals surface area contributed by atoms with Gasteiger partial charge in [-0.05, 0) is 36.0 Å². The third-order valence-electron chi connectivity index (χ3n) is 4.43. The molecule has 0 bridgehead atoms. The van der Waals surface area contributed by atoms with Gasteiger partial charge in [-0.2, -0.15) is 0 Å². The fraction of sp³-hybridized carbons (Fsp3) is 0.429. The van der Waals surface area contributed by atoms with E-state index in [2.05, 4.69) is 19.2 Å². The van der Waals surface area contributed by atoms with Gasteiger partial charge >= 0.3 is 0 Å². The Labute approximate surface area is 156 Å². The van der Waals surface area contributed by atoms with E-state index in [9.17, 15) is 4.79 Å². The van der Waals surface area contributed by atoms with Crippen LogP contribution in [0, 0.1) is 12.8 Å². The molecule has 5 heteroatoms. The van der Waals surface area contributed by atoms with Gasteiger partial charge in [-0.3, -0.25) is 9.78 Å². The van der Waals surface area contributed by atoms with E-state index in [0.29, 0.717) is 25.4 Å². The van der Waals surface area contributed by atoms with Crippen molar-refractivity contribution in [3.8, 4) is 11.1 Å². The van der Waals surface area contributed by atoms with E-state index in [1.807, 2.05) is 38.1 Å². The second-order valence-electron chi connectivity index (χ2n) is 6.98. The second-order valence-corrected chi connectivity index (χ2v) is 6.98. The quantitative estimate of drug-likeness (QED) is 0.709. The number of hydrogen-bond acceptors (Lipinski definition) is 4. The summed E-state index contributed by atoms with van der Waals surface area (Å²) in [5.41, 5.74) is 18.5. The first-order valence-corrected chi connectivity index (χ1v) is 9.22. The standard InChI is InChI=1S/C21H30N4O/c1-5-19(26)25-21-14(4)24-18(10-13(2)3)17(12-23)20(21)16-8-6-15(11-22)7-9-16/h6-9,13H,5,10-12,22-23H2,1-4H3,(H,25,26). The second kappa shape index (κ2) is 8.92. The molecule has 0 saturated heterocycles. The first-order chi connectivity index (χ1) is 12.4. The van der Waals surface area contributed by atoms with Crippen LogP contribution >= 0.6 is 0 Å². The minimum atomic E-state index is -0.0330. The first-order valence-electron chi connectivity index (χ1n) is 9.22. The number of anilines is 1. The van der Waals surface area contributed by atoms with Crippen molar-refractivity contribution < 1.29 is 4.79 Å². The van der Waals surface area contributed by atoms with Crippen molar-refractivity contribution in [3.05, 3.63) is 46.8 Å². The lowest BCUT2D eigenvalue weighted by atomic mass is 9.92. The van der Waals surface area contributed by atoms with Gasteiger partial charge in [0, 0.05) is 30.8 Å². The molecule has 1 heterocycles. The molecule has 1 aromatic heterocycles. The number of nitrogens with two attached hydrogens (primary N) is 2. The monoisotopic (exact) mass is 354 g/mol. The predicted molar refractivity (Wildman–Crippen MR) is 108 cm³/mol. The van der Waals surface area contributed by atoms with Gasteiger partial charge in [0.15, 0.2) is 0 Å². The molecule has 140 valence electrons. The van der Waals surface area contributed by atoms with Crippen LogP contribution in [0.15, 0.2) is 24.3 Å². The van der Waals surface area contributed by atoms with E-state index in [1.165, 1.54) is 0 Å². The summed E-state index contributed by atoms with van der Waals surface area (Å²) in [4.78, 5) is 16.9. The molecule has 26 heavy (non-hydrogen) atoms. The molecule has 0 aliphatic rings. The Morgan fingerprint density at radius 3 is 2.31 bits per heavy atom. The van der Waals surface area contributed by atoms with Gasteiger partial charge in [0.1, 0.15) is 0 Å². The number of hydrogen-bond donors (Lipinski definition) is 3. The Morgan fingerprint density at radius 1 is 1.15 bits per heavy atom. The van der Waals surface area contributed by atoms with E-state index in [-0.39, 0.29) is 5.91 Å². The molecule has 5 nitrogen and oxygen atoms in total. The number of aryl methyl sites for hydroxylation is 1. The molecule has 1 amide bonds. The van der Waals surface area contributed by atoms with Crippen molar-refractivity contribution in [2.75, 3.05) is 5.32 Å². The van der Waals surface area contributed by atoms with Crippen molar-refractivity contribution in [1.29, 1.82) is 0 Å². The number of nitrogens with one attached hydrogen (secondary N) is 1. The third-order valence-corrected chi connectivity index (χ3v) is 4.43. The lowest BCUT2D eigenvalue weighted by Crippen LogP contribution is -2.17. The fourth-order valence-corrected chi connectivity index (χ4v) is 3.08. The van der Waals surface area contributed by atoms with E-state index in [4.69, 9.17) is 16.5 Å². The van der Waals surface area contributed by atoms with Crippen LogP contribution in [0.3, 0.4) is 0 Å². The highest BCUT2D eigenvalue weighted by Crippen LogP contribution is 2.36. The number of aromatic nitrogens is 1. The lowest BCUT2D eigenvalue weighted by Gasteiger charge is -2.21. The molecule has 2 rings (SSSR count). The Hall–Kier alpha value is -2.24. The van der Waals surface area contributed by atoms with Gasteiger partial charge in [-0.25, -0.2) is 0 Å². The molecule has 0 aliphatic carbocycles. The highest BCUT2D eigenvalue weighted by molar-refractivity contribution is 5.97. The van der Waals surface area contributed by atoms with Crippen LogP contribution in [0.4, 0.5) is 5.69 Å². The number of carbonyl (C=O) groups excluding carboxylic acids is 1. The smallest absolute Gasteiger partial charge is 0.224 e. The summed E-state index contributed by atoms with van der Waals surface area (Å²) in [6.07, 6.45) is 1.26. The van der Waals surface area contributed by atoms with Crippen LogP contribution in [0.2, 0.25) is 0 Å². The summed E-state index contributed by atoms with van der Waals surface area (Å²) < 4.78 is 0. The minimum Gasteiger partial charge on any atom is -0.326 e. The molecular formula is C21H30N4O. The van der Waals surface area contributed by atoms with E-state index in [1.54, 1.807) is 0 Å². The van der Waals surface area contributed by atoms with Gasteiger partial charge in [0.2, 0.25) is 5.91 Å². The van der Waals surface area contributed by atoms with Crippen LogP contribution in [-0.4, -0.2) is 10.9 Å². The molecular weight excluding hydrogens is 324 g/mol. The predicted octanol–water partition coefficient (Wildman–Crippen LogP) is 3.52. The van der Waals surface area contributed by atoms with E-state index in [0.717, 1.165) is 45.7 Å². The van der Waals surface area contributed by atoms with Crippen molar-refractivity contribution in [1.82, 2.24) is 4.98 Å². The van der Waals surface area contributed by atoms with Gasteiger partial charge < -0.3 is 16.8 Å². The number of benzene rings is 1. The topological polar surface area (TPSA) is 94.0 Å². The summed E-state index contributed by atoms with van der Waals surface area (Å²) >= 11 is 0. The third kappa shape index (κ3) is 4.48. The zero-order chi connectivity index (χ0) is 19.3. The van der Waals surface area contributed by atoms with Crippen molar-refractivity contribution in [2.45, 2.75) is 53.6 Å². The van der Waals surface area contributed by atoms with Crippen molar-refractivity contribution >= 4 is 11.6 Å². The van der Waals surface area contributed by atoms with Gasteiger partial charge in [0.25, 0.3) is 0 Å². The van der Waals surface area contributed by atoms with Crippen molar-refractivity contribution in [3.63, 3.8) is 0 Å². The molecule has 0 aliphatic heterocycles. The molecule has 2 aromatic rings. The number of nitrogens with zero attached hydrogens (tertiary/aromatic N) is 1. The van der Waals surface area contributed by atoms with Gasteiger partial charge in [-0.15, -0.1) is 0 Å². The maximum atomic E-state index is 12.1. The normalized spacial score (nSPS) is 11.0. The Morgan fingerprint density at radius 2 is 1.81 bits per heavy atom. The maximum Gasteiger partial charge on any atom is 0.224 e. The first kappa shape index (κ1) is 20.1. The highest BCUT2D eigenvalue weighted by Gasteiger charge is 2.20. The average molecular weight is 354 g/mol. The van der Waals surface area contributed by atoms with Gasteiger partial charge in [0.05, 0.1) is 11.4 Å². The lowest BCUT2D eigenvalue weighted by molar-refractivity contribution is -0.115. The Kier molecular flexibility index (Phi) is 6.89. The largest absolute Gasteiger partial charge is 0.326 e. The van der Waals surface area contributed by atoms with Crippen LogP contribution in [-0.2, 0) is 24.3 Å². The van der Waals surface area contributed by atoms with Crippen LogP contribution < -0.4 is 16.8 Å². The molecule has 1 aromatic carbocycles. The SMILES string of the molecule is CCC(=O)Nc1c(C)nc(CC(C)C)c(CN)c1-c1ccc(CN)cc1. The zero-order valence-electron chi connectivity index (χ0n) is 16.2. The number of carbonyl (C=O) groups is 1. The van der Waals surface area contributed by atoms with Crippen LogP contribution in [0.25, 0.3) is 11.1 Å². The molecule has 0 radical (unpaired) electrons. The molecule has 5 N–H and O–H groups in total.